The molecule has 8 heteroatoms. The Morgan fingerprint density at radius 2 is 1.87 bits per heavy atom. The van der Waals surface area contributed by atoms with E-state index in [4.69, 9.17) is 0 Å². The number of nitro groups is 1. The van der Waals surface area contributed by atoms with Crippen molar-refractivity contribution in [3.63, 3.8) is 0 Å². The van der Waals surface area contributed by atoms with Gasteiger partial charge in [0.05, 0.1) is 17.2 Å². The number of carbonyl (C=O) groups excluding carboxylic acids is 1. The van der Waals surface area contributed by atoms with Crippen LogP contribution in [-0.4, -0.2) is 17.3 Å². The highest BCUT2D eigenvalue weighted by molar-refractivity contribution is 9.11. The molecule has 0 unspecified atom stereocenters. The average Bonchev–Trinajstić information content (AvgIpc) is 2.48. The predicted molar refractivity (Wildman–Crippen MR) is 92.5 cm³/mol. The molecule has 0 saturated heterocycles. The zero-order valence-corrected chi connectivity index (χ0v) is 15.1. The van der Waals surface area contributed by atoms with Crippen LogP contribution in [0, 0.1) is 22.9 Å². The minimum absolute atomic E-state index is 0.0719. The summed E-state index contributed by atoms with van der Waals surface area (Å²) in [7, 11) is 0. The number of carbonyl (C=O) groups is 1. The van der Waals surface area contributed by atoms with Gasteiger partial charge in [0.1, 0.15) is 5.82 Å². The standard InChI is InChI=1S/C15H11Br2FN2O3/c1-8-2-3-9(4-13(8)18)14(21)7-19-15-11(16)5-10(20(22)23)6-12(15)17/h2-6,19H,7H2,1H3. The normalized spacial score (nSPS) is 10.4. The molecule has 2 rings (SSSR count). The maximum absolute atomic E-state index is 13.5. The Balaban J connectivity index is 2.15. The van der Waals surface area contributed by atoms with Crippen molar-refractivity contribution in [1.29, 1.82) is 0 Å². The number of ketones is 1. The van der Waals surface area contributed by atoms with Crippen LogP contribution in [0.3, 0.4) is 0 Å². The van der Waals surface area contributed by atoms with Gasteiger partial charge in [0.25, 0.3) is 5.69 Å². The van der Waals surface area contributed by atoms with Crippen LogP contribution in [0.5, 0.6) is 0 Å². The number of Topliss-reactive ketones (excluding diaryl/α,β-unsaturated/α-hetero) is 1. The Hall–Kier alpha value is -1.80. The smallest absolute Gasteiger partial charge is 0.271 e. The third-order valence-electron chi connectivity index (χ3n) is 3.16. The predicted octanol–water partition coefficient (Wildman–Crippen LogP) is 4.86. The van der Waals surface area contributed by atoms with E-state index >= 15 is 0 Å². The molecule has 0 aliphatic heterocycles. The molecule has 2 aromatic carbocycles. The van der Waals surface area contributed by atoms with E-state index in [1.807, 2.05) is 0 Å². The van der Waals surface area contributed by atoms with Gasteiger partial charge in [-0.2, -0.15) is 0 Å². The summed E-state index contributed by atoms with van der Waals surface area (Å²) in [5.74, 6) is -0.727. The van der Waals surface area contributed by atoms with Crippen LogP contribution in [0.25, 0.3) is 0 Å². The van der Waals surface area contributed by atoms with Gasteiger partial charge in [-0.05, 0) is 50.4 Å². The van der Waals surface area contributed by atoms with Gasteiger partial charge in [-0.1, -0.05) is 12.1 Å². The number of hydrogen-bond donors (Lipinski definition) is 1. The van der Waals surface area contributed by atoms with Crippen LogP contribution in [0.4, 0.5) is 15.8 Å². The van der Waals surface area contributed by atoms with Crippen LogP contribution >= 0.6 is 31.9 Å². The molecular formula is C15H11Br2FN2O3. The maximum atomic E-state index is 13.5. The van der Waals surface area contributed by atoms with E-state index in [2.05, 4.69) is 37.2 Å². The summed E-state index contributed by atoms with van der Waals surface area (Å²) in [4.78, 5) is 22.4. The molecule has 0 spiro atoms. The van der Waals surface area contributed by atoms with Gasteiger partial charge in [0.2, 0.25) is 0 Å². The summed E-state index contributed by atoms with van der Waals surface area (Å²) in [6.45, 7) is 1.55. The first-order chi connectivity index (χ1) is 10.8. The first-order valence-electron chi connectivity index (χ1n) is 6.46. The fourth-order valence-corrected chi connectivity index (χ4v) is 3.31. The second-order valence-electron chi connectivity index (χ2n) is 4.78. The number of anilines is 1. The molecule has 0 aromatic heterocycles. The number of hydrogen-bond acceptors (Lipinski definition) is 4. The minimum atomic E-state index is -0.514. The van der Waals surface area contributed by atoms with Crippen molar-refractivity contribution in [3.05, 3.63) is 66.3 Å². The van der Waals surface area contributed by atoms with E-state index in [0.29, 0.717) is 20.2 Å². The summed E-state index contributed by atoms with van der Waals surface area (Å²) >= 11 is 6.45. The lowest BCUT2D eigenvalue weighted by atomic mass is 10.1. The first kappa shape index (κ1) is 17.6. The molecule has 120 valence electrons. The molecule has 0 amide bonds. The fraction of sp³-hybridized carbons (Fsp3) is 0.133. The number of nitro benzene ring substituents is 1. The Labute approximate surface area is 148 Å². The molecule has 0 heterocycles. The third-order valence-corrected chi connectivity index (χ3v) is 4.41. The Bertz CT molecular complexity index is 773. The Kier molecular flexibility index (Phi) is 5.48. The number of benzene rings is 2. The number of rotatable bonds is 5. The molecular weight excluding hydrogens is 435 g/mol. The number of nitrogens with zero attached hydrogens (tertiary/aromatic N) is 1. The summed E-state index contributed by atoms with van der Waals surface area (Å²) in [6.07, 6.45) is 0. The van der Waals surface area contributed by atoms with E-state index in [-0.39, 0.29) is 23.6 Å². The molecule has 0 atom stereocenters. The molecule has 0 saturated carbocycles. The van der Waals surface area contributed by atoms with Crippen molar-refractivity contribution in [1.82, 2.24) is 0 Å². The third kappa shape index (κ3) is 4.14. The topological polar surface area (TPSA) is 72.2 Å². The summed E-state index contributed by atoms with van der Waals surface area (Å²) in [5, 5.41) is 13.7. The maximum Gasteiger partial charge on any atom is 0.271 e. The van der Waals surface area contributed by atoms with Crippen molar-refractivity contribution in [3.8, 4) is 0 Å². The Morgan fingerprint density at radius 3 is 2.39 bits per heavy atom. The molecule has 5 nitrogen and oxygen atoms in total. The van der Waals surface area contributed by atoms with Crippen molar-refractivity contribution < 1.29 is 14.1 Å². The quantitative estimate of drug-likeness (QED) is 0.405. The van der Waals surface area contributed by atoms with Crippen LogP contribution in [0.2, 0.25) is 0 Å². The van der Waals surface area contributed by atoms with Crippen molar-refractivity contribution >= 4 is 49.0 Å². The first-order valence-corrected chi connectivity index (χ1v) is 8.05. The van der Waals surface area contributed by atoms with Gasteiger partial charge >= 0.3 is 0 Å². The number of halogens is 3. The van der Waals surface area contributed by atoms with E-state index in [9.17, 15) is 19.3 Å². The summed E-state index contributed by atoms with van der Waals surface area (Å²) in [5.41, 5.74) is 1.16. The lowest BCUT2D eigenvalue weighted by molar-refractivity contribution is -0.385. The highest BCUT2D eigenvalue weighted by atomic mass is 79.9. The van der Waals surface area contributed by atoms with Crippen LogP contribution < -0.4 is 5.32 Å². The van der Waals surface area contributed by atoms with Gasteiger partial charge in [0, 0.05) is 26.6 Å². The molecule has 0 bridgehead atoms. The highest BCUT2D eigenvalue weighted by Gasteiger charge is 2.15. The number of aryl methyl sites for hydroxylation is 1. The van der Waals surface area contributed by atoms with E-state index < -0.39 is 10.7 Å². The van der Waals surface area contributed by atoms with Crippen LogP contribution in [0.1, 0.15) is 15.9 Å². The Morgan fingerprint density at radius 1 is 1.26 bits per heavy atom. The van der Waals surface area contributed by atoms with E-state index in [1.165, 1.54) is 18.2 Å². The summed E-state index contributed by atoms with van der Waals surface area (Å²) in [6, 6.07) is 6.97. The summed E-state index contributed by atoms with van der Waals surface area (Å²) < 4.78 is 14.4. The van der Waals surface area contributed by atoms with Gasteiger partial charge in [-0.15, -0.1) is 0 Å². The molecule has 1 N–H and O–H groups in total. The fourth-order valence-electron chi connectivity index (χ4n) is 1.87. The number of nitrogens with one attached hydrogen (secondary N) is 1. The number of non-ortho nitro benzene ring substituents is 1. The SMILES string of the molecule is Cc1ccc(C(=O)CNc2c(Br)cc([N+](=O)[O-])cc2Br)cc1F. The molecule has 0 radical (unpaired) electrons. The lowest BCUT2D eigenvalue weighted by Gasteiger charge is -2.10. The lowest BCUT2D eigenvalue weighted by Crippen LogP contribution is -2.15. The van der Waals surface area contributed by atoms with Gasteiger partial charge in [-0.25, -0.2) is 4.39 Å². The molecule has 0 fully saturated rings. The molecule has 0 aliphatic carbocycles. The zero-order valence-electron chi connectivity index (χ0n) is 11.9. The minimum Gasteiger partial charge on any atom is -0.376 e. The van der Waals surface area contributed by atoms with E-state index in [1.54, 1.807) is 19.1 Å². The largest absolute Gasteiger partial charge is 0.376 e. The second kappa shape index (κ2) is 7.18. The zero-order chi connectivity index (χ0) is 17.1. The van der Waals surface area contributed by atoms with Gasteiger partial charge in [0.15, 0.2) is 5.78 Å². The van der Waals surface area contributed by atoms with Crippen molar-refractivity contribution in [2.45, 2.75) is 6.92 Å². The molecule has 2 aromatic rings. The highest BCUT2D eigenvalue weighted by Crippen LogP contribution is 2.35. The van der Waals surface area contributed by atoms with Crippen molar-refractivity contribution in [2.75, 3.05) is 11.9 Å². The average molecular weight is 446 g/mol. The van der Waals surface area contributed by atoms with Crippen molar-refractivity contribution in [2.24, 2.45) is 0 Å². The van der Waals surface area contributed by atoms with Gasteiger partial charge in [-0.3, -0.25) is 14.9 Å². The van der Waals surface area contributed by atoms with Crippen LogP contribution in [0.15, 0.2) is 39.3 Å². The van der Waals surface area contributed by atoms with Crippen LogP contribution in [-0.2, 0) is 0 Å². The second-order valence-corrected chi connectivity index (χ2v) is 6.49. The van der Waals surface area contributed by atoms with E-state index in [0.717, 1.165) is 0 Å². The van der Waals surface area contributed by atoms with Gasteiger partial charge < -0.3 is 5.32 Å². The molecule has 23 heavy (non-hydrogen) atoms. The molecule has 0 aliphatic rings. The monoisotopic (exact) mass is 444 g/mol.